The zero-order valence-corrected chi connectivity index (χ0v) is 23.6. The van der Waals surface area contributed by atoms with Gasteiger partial charge in [-0.25, -0.2) is 5.41 Å². The summed E-state index contributed by atoms with van der Waals surface area (Å²) in [6.07, 6.45) is 12.2. The molecule has 1 aliphatic heterocycles. The number of carbonyl (C=O) groups excluding carboxylic acids is 2. The molecule has 0 spiro atoms. The second-order valence-electron chi connectivity index (χ2n) is 10.2. The third-order valence-electron chi connectivity index (χ3n) is 5.84. The van der Waals surface area contributed by atoms with Gasteiger partial charge >= 0.3 is 37.9 Å². The van der Waals surface area contributed by atoms with Crippen molar-refractivity contribution in [3.63, 3.8) is 0 Å². The summed E-state index contributed by atoms with van der Waals surface area (Å²) in [5.74, 6) is 0.412. The van der Waals surface area contributed by atoms with Crippen LogP contribution in [0.1, 0.15) is 73.6 Å². The molecule has 3 atom stereocenters. The van der Waals surface area contributed by atoms with Crippen LogP contribution in [-0.2, 0) is 47.8 Å². The summed E-state index contributed by atoms with van der Waals surface area (Å²) in [4.78, 5) is 23.6. The average Bonchev–Trinajstić information content (AvgIpc) is 2.89. The molecule has 1 aliphatic carbocycles. The van der Waals surface area contributed by atoms with Gasteiger partial charge in [0.15, 0.2) is 0 Å². The molecule has 0 aromatic rings. The molecule has 0 saturated heterocycles. The van der Waals surface area contributed by atoms with Gasteiger partial charge in [0.1, 0.15) is 6.10 Å². The zero-order valence-electron chi connectivity index (χ0n) is 18.8. The summed E-state index contributed by atoms with van der Waals surface area (Å²) >= 11 is 5.07. The molecule has 1 saturated carbocycles. The Morgan fingerprint density at radius 1 is 1.13 bits per heavy atom. The molecule has 0 radical (unpaired) electrons. The quantitative estimate of drug-likeness (QED) is 0.176. The number of hydrogen-bond acceptors (Lipinski definition) is 4. The number of allylic oxidation sites excluding steroid dienone is 2. The predicted molar refractivity (Wildman–Crippen MR) is 123 cm³/mol. The molecule has 0 aromatic carbocycles. The number of ether oxygens (including phenoxy) is 1. The van der Waals surface area contributed by atoms with Crippen LogP contribution < -0.4 is 0 Å². The van der Waals surface area contributed by atoms with Crippen molar-refractivity contribution in [1.82, 2.24) is 0 Å². The van der Waals surface area contributed by atoms with Crippen molar-refractivity contribution in [2.24, 2.45) is 22.2 Å². The topological polar surface area (TPSA) is 43.4 Å². The molecule has 0 aromatic heterocycles. The van der Waals surface area contributed by atoms with Gasteiger partial charge in [-0.15, -0.1) is 5.25 Å². The number of rotatable bonds is 4. The van der Waals surface area contributed by atoms with Crippen LogP contribution in [-0.4, -0.2) is 23.9 Å². The molecule has 1 heterocycles. The van der Waals surface area contributed by atoms with E-state index in [9.17, 15) is 9.59 Å². The van der Waals surface area contributed by atoms with E-state index in [0.717, 1.165) is 25.7 Å². The molecular formula is C23H33Cl2O3SZr-3. The Bertz CT molecular complexity index is 642. The predicted octanol–water partition coefficient (Wildman–Crippen LogP) is 6.37. The van der Waals surface area contributed by atoms with Crippen LogP contribution in [0, 0.1) is 22.2 Å². The molecule has 170 valence electrons. The van der Waals surface area contributed by atoms with E-state index < -0.39 is 31.5 Å². The van der Waals surface area contributed by atoms with Crippen LogP contribution in [0.15, 0.2) is 23.5 Å². The van der Waals surface area contributed by atoms with Crippen molar-refractivity contribution < 1.29 is 35.2 Å². The van der Waals surface area contributed by atoms with E-state index in [0.29, 0.717) is 12.2 Å². The second kappa shape index (κ2) is 12.1. The van der Waals surface area contributed by atoms with Crippen LogP contribution in [0.4, 0.5) is 0 Å². The van der Waals surface area contributed by atoms with Crippen molar-refractivity contribution in [2.45, 2.75) is 85.0 Å². The van der Waals surface area contributed by atoms with E-state index in [2.05, 4.69) is 47.6 Å². The zero-order chi connectivity index (χ0) is 23.2. The van der Waals surface area contributed by atoms with Gasteiger partial charge in [0.25, 0.3) is 0 Å². The SMILES string of the molecule is CC(C)(C)C1=CC(C(C)(C)C)OC([C@H]([S-])[C@H]2CCCCCC2([C-]=O)[C-]=O)=C1.[Cl][Zr][Cl]. The minimum atomic E-state index is -1.23. The fraction of sp³-hybridized carbons (Fsp3) is 0.739. The Labute approximate surface area is 206 Å². The Morgan fingerprint density at radius 2 is 1.70 bits per heavy atom. The first-order valence-electron chi connectivity index (χ1n) is 10.4. The van der Waals surface area contributed by atoms with E-state index in [1.165, 1.54) is 5.57 Å². The summed E-state index contributed by atoms with van der Waals surface area (Å²) in [6, 6.07) is 0. The molecule has 1 unspecified atom stereocenters. The Morgan fingerprint density at radius 3 is 2.17 bits per heavy atom. The summed E-state index contributed by atoms with van der Waals surface area (Å²) in [7, 11) is 9.87. The molecule has 0 amide bonds. The van der Waals surface area contributed by atoms with Crippen LogP contribution in [0.5, 0.6) is 0 Å². The number of hydrogen-bond donors (Lipinski definition) is 0. The average molecular weight is 552 g/mol. The van der Waals surface area contributed by atoms with E-state index in [-0.39, 0.29) is 22.9 Å². The molecule has 7 heteroatoms. The van der Waals surface area contributed by atoms with Crippen LogP contribution >= 0.6 is 17.0 Å². The van der Waals surface area contributed by atoms with Gasteiger partial charge in [-0.2, -0.15) is 0 Å². The molecule has 3 nitrogen and oxygen atoms in total. The maximum absolute atomic E-state index is 11.8. The van der Waals surface area contributed by atoms with Crippen molar-refractivity contribution in [2.75, 3.05) is 0 Å². The van der Waals surface area contributed by atoms with E-state index in [4.69, 9.17) is 34.4 Å². The molecule has 30 heavy (non-hydrogen) atoms. The molecule has 0 N–H and O–H groups in total. The van der Waals surface area contributed by atoms with Crippen molar-refractivity contribution in [3.05, 3.63) is 23.5 Å². The molecule has 2 aliphatic rings. The summed E-state index contributed by atoms with van der Waals surface area (Å²) in [6.45, 7) is 12.9. The number of halogens is 2. The van der Waals surface area contributed by atoms with Crippen LogP contribution in [0.25, 0.3) is 0 Å². The van der Waals surface area contributed by atoms with Gasteiger partial charge in [0.2, 0.25) is 0 Å². The summed E-state index contributed by atoms with van der Waals surface area (Å²) in [5, 5.41) is -0.443. The first kappa shape index (κ1) is 28.5. The van der Waals surface area contributed by atoms with Gasteiger partial charge < -0.3 is 27.0 Å². The monoisotopic (exact) mass is 549 g/mol. The fourth-order valence-electron chi connectivity index (χ4n) is 3.88. The van der Waals surface area contributed by atoms with Crippen LogP contribution in [0.2, 0.25) is 0 Å². The minimum absolute atomic E-state index is 0.0400. The molecular weight excluding hydrogens is 518 g/mol. The third kappa shape index (κ3) is 7.49. The summed E-state index contributed by atoms with van der Waals surface area (Å²) in [5.41, 5.74) is -0.170. The third-order valence-corrected chi connectivity index (χ3v) is 6.40. The van der Waals surface area contributed by atoms with Gasteiger partial charge in [-0.3, -0.25) is 12.6 Å². The van der Waals surface area contributed by atoms with Gasteiger partial charge in [0.05, 0.1) is 5.76 Å². The summed E-state index contributed by atoms with van der Waals surface area (Å²) < 4.78 is 6.34. The van der Waals surface area contributed by atoms with E-state index in [1.54, 1.807) is 0 Å². The maximum atomic E-state index is 11.8. The van der Waals surface area contributed by atoms with Crippen molar-refractivity contribution in [1.29, 1.82) is 0 Å². The van der Waals surface area contributed by atoms with Gasteiger partial charge in [0, 0.05) is 5.41 Å². The van der Waals surface area contributed by atoms with Gasteiger partial charge in [-0.05, 0) is 23.1 Å². The standard InChI is InChI=1S/C23H34O3S.2ClH.Zr/c1-21(2,3)16-12-18(26-19(13-16)22(4,5)6)20(27)17-10-8-7-9-11-23(17,14-24)15-25;;;/h12-13,17,19-20,27H,7-11H2,1-6H3;2*1H;/q-2;;;+2/p-3/t17-,19?,20-;;;/m1.../s1. The molecule has 1 fully saturated rings. The normalized spacial score (nSPS) is 25.2. The van der Waals surface area contributed by atoms with E-state index in [1.807, 2.05) is 18.6 Å². The van der Waals surface area contributed by atoms with Crippen molar-refractivity contribution in [3.8, 4) is 0 Å². The first-order valence-corrected chi connectivity index (χ1v) is 17.2. The Hall–Kier alpha value is 0.433. The first-order chi connectivity index (χ1) is 13.9. The second-order valence-corrected chi connectivity index (χ2v) is 14.4. The Kier molecular flexibility index (Phi) is 11.4. The van der Waals surface area contributed by atoms with E-state index >= 15 is 0 Å². The van der Waals surface area contributed by atoms with Crippen molar-refractivity contribution >= 4 is 42.2 Å². The van der Waals surface area contributed by atoms with Gasteiger partial charge in [-0.1, -0.05) is 79.6 Å². The molecule has 2 rings (SSSR count). The van der Waals surface area contributed by atoms with Crippen LogP contribution in [0.3, 0.4) is 0 Å². The Balaban J connectivity index is 0.00000141. The fourth-order valence-corrected chi connectivity index (χ4v) is 4.37. The molecule has 0 bridgehead atoms.